The smallest absolute Gasteiger partial charge is 0.305 e. The van der Waals surface area contributed by atoms with Crippen molar-refractivity contribution in [2.75, 3.05) is 19.4 Å². The van der Waals surface area contributed by atoms with Gasteiger partial charge >= 0.3 is 5.97 Å². The number of nitrogens with one attached hydrogen (secondary N) is 1. The van der Waals surface area contributed by atoms with Gasteiger partial charge in [0.2, 0.25) is 5.91 Å². The maximum atomic E-state index is 11.9. The quantitative estimate of drug-likeness (QED) is 0.398. The average Bonchev–Trinajstić information content (AvgIpc) is 3.06. The van der Waals surface area contributed by atoms with E-state index in [2.05, 4.69) is 20.3 Å². The number of benzene rings is 1. The summed E-state index contributed by atoms with van der Waals surface area (Å²) in [7, 11) is 1.35. The van der Waals surface area contributed by atoms with Crippen LogP contribution in [0.15, 0.2) is 29.4 Å². The van der Waals surface area contributed by atoms with Crippen molar-refractivity contribution in [2.45, 2.75) is 31.5 Å². The molecule has 9 heteroatoms. The van der Waals surface area contributed by atoms with Crippen molar-refractivity contribution < 1.29 is 14.3 Å². The first-order valence-electron chi connectivity index (χ1n) is 8.20. The monoisotopic (exact) mass is 396 g/mol. The van der Waals surface area contributed by atoms with Crippen LogP contribution in [0.5, 0.6) is 0 Å². The minimum absolute atomic E-state index is 0.116. The molecule has 0 aliphatic carbocycles. The zero-order chi connectivity index (χ0) is 18.9. The maximum absolute atomic E-state index is 11.9. The van der Waals surface area contributed by atoms with Gasteiger partial charge in [-0.2, -0.15) is 0 Å². The number of halogens is 1. The number of carbonyl (C=O) groups excluding carboxylic acids is 2. The van der Waals surface area contributed by atoms with Gasteiger partial charge in [0.1, 0.15) is 0 Å². The third-order valence-corrected chi connectivity index (χ3v) is 4.76. The van der Waals surface area contributed by atoms with Crippen LogP contribution in [0.25, 0.3) is 11.4 Å². The maximum Gasteiger partial charge on any atom is 0.305 e. The Bertz CT molecular complexity index is 766. The van der Waals surface area contributed by atoms with E-state index in [0.717, 1.165) is 11.4 Å². The SMILES string of the molecule is CCn1c(SCC(=O)NCCCC(=O)OC)nnc1-c1cccc(Cl)c1. The second-order valence-corrected chi connectivity index (χ2v) is 6.76. The van der Waals surface area contributed by atoms with Gasteiger partial charge in [0, 0.05) is 30.1 Å². The van der Waals surface area contributed by atoms with E-state index >= 15 is 0 Å². The van der Waals surface area contributed by atoms with Crippen LogP contribution in [0.4, 0.5) is 0 Å². The molecule has 0 aliphatic rings. The fraction of sp³-hybridized carbons (Fsp3) is 0.412. The molecule has 0 spiro atoms. The molecule has 0 aliphatic heterocycles. The van der Waals surface area contributed by atoms with Gasteiger partial charge in [-0.05, 0) is 25.5 Å². The number of amides is 1. The number of aromatic nitrogens is 3. The number of methoxy groups -OCH3 is 1. The molecule has 26 heavy (non-hydrogen) atoms. The molecule has 0 unspecified atom stereocenters. The van der Waals surface area contributed by atoms with Gasteiger partial charge in [0.05, 0.1) is 12.9 Å². The number of nitrogens with zero attached hydrogens (tertiary/aromatic N) is 3. The molecule has 1 aromatic heterocycles. The van der Waals surface area contributed by atoms with Gasteiger partial charge in [0.15, 0.2) is 11.0 Å². The third-order valence-electron chi connectivity index (χ3n) is 3.56. The van der Waals surface area contributed by atoms with Crippen molar-refractivity contribution in [3.8, 4) is 11.4 Å². The molecule has 1 N–H and O–H groups in total. The van der Waals surface area contributed by atoms with Gasteiger partial charge < -0.3 is 14.6 Å². The third kappa shape index (κ3) is 5.74. The summed E-state index contributed by atoms with van der Waals surface area (Å²) in [6.07, 6.45) is 0.838. The number of carbonyl (C=O) groups is 2. The van der Waals surface area contributed by atoms with Gasteiger partial charge in [-0.25, -0.2) is 0 Å². The fourth-order valence-electron chi connectivity index (χ4n) is 2.27. The molecule has 1 aromatic carbocycles. The van der Waals surface area contributed by atoms with Crippen LogP contribution in [0.3, 0.4) is 0 Å². The Kier molecular flexibility index (Phi) is 7.93. The van der Waals surface area contributed by atoms with E-state index in [1.54, 1.807) is 6.07 Å². The number of ether oxygens (including phenoxy) is 1. The Morgan fingerprint density at radius 3 is 2.85 bits per heavy atom. The molecule has 0 radical (unpaired) electrons. The number of rotatable bonds is 9. The topological polar surface area (TPSA) is 86.1 Å². The highest BCUT2D eigenvalue weighted by atomic mass is 35.5. The van der Waals surface area contributed by atoms with Crippen LogP contribution in [0.1, 0.15) is 19.8 Å². The van der Waals surface area contributed by atoms with E-state index in [4.69, 9.17) is 11.6 Å². The average molecular weight is 397 g/mol. The van der Waals surface area contributed by atoms with Crippen LogP contribution < -0.4 is 5.32 Å². The molecular formula is C17H21ClN4O3S. The molecule has 2 rings (SSSR count). The van der Waals surface area contributed by atoms with Crippen LogP contribution in [-0.2, 0) is 20.9 Å². The van der Waals surface area contributed by atoms with Crippen molar-refractivity contribution in [3.63, 3.8) is 0 Å². The number of thioether (sulfide) groups is 1. The highest BCUT2D eigenvalue weighted by Crippen LogP contribution is 2.25. The molecule has 1 amide bonds. The van der Waals surface area contributed by atoms with Crippen LogP contribution in [0, 0.1) is 0 Å². The molecule has 1 heterocycles. The molecule has 0 atom stereocenters. The van der Waals surface area contributed by atoms with E-state index in [9.17, 15) is 9.59 Å². The Hall–Kier alpha value is -2.06. The summed E-state index contributed by atoms with van der Waals surface area (Å²) in [5.41, 5.74) is 0.881. The summed E-state index contributed by atoms with van der Waals surface area (Å²) in [5.74, 6) is 0.551. The number of hydrogen-bond acceptors (Lipinski definition) is 6. The molecular weight excluding hydrogens is 376 g/mol. The normalized spacial score (nSPS) is 10.6. The van der Waals surface area contributed by atoms with Crippen molar-refractivity contribution >= 4 is 35.2 Å². The highest BCUT2D eigenvalue weighted by Gasteiger charge is 2.14. The Labute approximate surface area is 161 Å². The van der Waals surface area contributed by atoms with Gasteiger partial charge in [0.25, 0.3) is 0 Å². The molecule has 140 valence electrons. The van der Waals surface area contributed by atoms with Crippen LogP contribution in [0.2, 0.25) is 5.02 Å². The summed E-state index contributed by atoms with van der Waals surface area (Å²) in [6, 6.07) is 7.42. The summed E-state index contributed by atoms with van der Waals surface area (Å²) < 4.78 is 6.50. The number of esters is 1. The summed E-state index contributed by atoms with van der Waals surface area (Å²) in [5, 5.41) is 12.5. The summed E-state index contributed by atoms with van der Waals surface area (Å²) in [4.78, 5) is 22.9. The number of hydrogen-bond donors (Lipinski definition) is 1. The largest absolute Gasteiger partial charge is 0.469 e. The van der Waals surface area contributed by atoms with Crippen molar-refractivity contribution in [2.24, 2.45) is 0 Å². The Morgan fingerprint density at radius 1 is 1.35 bits per heavy atom. The van der Waals surface area contributed by atoms with Gasteiger partial charge in [-0.15, -0.1) is 10.2 Å². The second kappa shape index (κ2) is 10.2. The predicted octanol–water partition coefficient (Wildman–Crippen LogP) is 2.78. The van der Waals surface area contributed by atoms with Gasteiger partial charge in [-0.1, -0.05) is 35.5 Å². The van der Waals surface area contributed by atoms with E-state index < -0.39 is 0 Å². The minimum Gasteiger partial charge on any atom is -0.469 e. The van der Waals surface area contributed by atoms with E-state index in [-0.39, 0.29) is 24.1 Å². The first-order chi connectivity index (χ1) is 12.5. The van der Waals surface area contributed by atoms with Crippen molar-refractivity contribution in [1.82, 2.24) is 20.1 Å². The first-order valence-corrected chi connectivity index (χ1v) is 9.57. The standard InChI is InChI=1S/C17H21ClN4O3S/c1-3-22-16(12-6-4-7-13(18)10-12)20-21-17(22)26-11-14(23)19-9-5-8-15(24)25-2/h4,6-7,10H,3,5,8-9,11H2,1-2H3,(H,19,23). The lowest BCUT2D eigenvalue weighted by Crippen LogP contribution is -2.26. The lowest BCUT2D eigenvalue weighted by molar-refractivity contribution is -0.140. The zero-order valence-corrected chi connectivity index (χ0v) is 16.3. The molecule has 0 saturated carbocycles. The fourth-order valence-corrected chi connectivity index (χ4v) is 3.29. The predicted molar refractivity (Wildman–Crippen MR) is 101 cm³/mol. The van der Waals surface area contributed by atoms with Crippen molar-refractivity contribution in [3.05, 3.63) is 29.3 Å². The Balaban J connectivity index is 1.90. The second-order valence-electron chi connectivity index (χ2n) is 5.38. The highest BCUT2D eigenvalue weighted by molar-refractivity contribution is 7.99. The summed E-state index contributed by atoms with van der Waals surface area (Å²) >= 11 is 7.37. The molecule has 0 saturated heterocycles. The first kappa shape index (κ1) is 20.3. The molecule has 2 aromatic rings. The molecule has 7 nitrogen and oxygen atoms in total. The van der Waals surface area contributed by atoms with Crippen LogP contribution >= 0.6 is 23.4 Å². The lowest BCUT2D eigenvalue weighted by atomic mass is 10.2. The zero-order valence-electron chi connectivity index (χ0n) is 14.7. The van der Waals surface area contributed by atoms with E-state index in [0.29, 0.717) is 29.7 Å². The van der Waals surface area contributed by atoms with Gasteiger partial charge in [-0.3, -0.25) is 9.59 Å². The molecule has 0 fully saturated rings. The van der Waals surface area contributed by atoms with E-state index in [1.165, 1.54) is 18.9 Å². The lowest BCUT2D eigenvalue weighted by Gasteiger charge is -2.08. The van der Waals surface area contributed by atoms with E-state index in [1.807, 2.05) is 29.7 Å². The summed E-state index contributed by atoms with van der Waals surface area (Å²) in [6.45, 7) is 3.11. The molecule has 0 bridgehead atoms. The Morgan fingerprint density at radius 2 is 2.15 bits per heavy atom. The van der Waals surface area contributed by atoms with Crippen molar-refractivity contribution in [1.29, 1.82) is 0 Å². The van der Waals surface area contributed by atoms with Crippen LogP contribution in [-0.4, -0.2) is 46.0 Å². The minimum atomic E-state index is -0.279.